The Hall–Kier alpha value is -2.07. The largest absolute Gasteiger partial charge is 0.474 e. The number of aromatic nitrogens is 1. The Morgan fingerprint density at radius 3 is 2.30 bits per heavy atom. The Kier molecular flexibility index (Phi) is 6.05. The Bertz CT molecular complexity index is 758. The van der Waals surface area contributed by atoms with Crippen molar-refractivity contribution in [3.05, 3.63) is 58.7 Å². The molecule has 1 fully saturated rings. The van der Waals surface area contributed by atoms with Gasteiger partial charge in [0.25, 0.3) is 5.91 Å². The van der Waals surface area contributed by atoms with Gasteiger partial charge in [-0.05, 0) is 54.9 Å². The van der Waals surface area contributed by atoms with Crippen molar-refractivity contribution >= 4 is 17.5 Å². The van der Waals surface area contributed by atoms with Gasteiger partial charge in [0, 0.05) is 23.9 Å². The summed E-state index contributed by atoms with van der Waals surface area (Å²) in [5.41, 5.74) is 2.03. The van der Waals surface area contributed by atoms with Crippen molar-refractivity contribution in [2.24, 2.45) is 0 Å². The summed E-state index contributed by atoms with van der Waals surface area (Å²) in [6, 6.07) is 11.7. The fourth-order valence-electron chi connectivity index (χ4n) is 3.32. The van der Waals surface area contributed by atoms with E-state index in [0.717, 1.165) is 25.7 Å². The minimum atomic E-state index is -0.000745. The molecule has 3 rings (SSSR count). The lowest BCUT2D eigenvalue weighted by molar-refractivity contribution is 0.0890. The molecule has 0 saturated heterocycles. The van der Waals surface area contributed by atoms with E-state index in [1.807, 2.05) is 24.3 Å². The van der Waals surface area contributed by atoms with Crippen LogP contribution in [0.15, 0.2) is 42.6 Å². The van der Waals surface area contributed by atoms with Crippen molar-refractivity contribution in [3.8, 4) is 5.88 Å². The Balaban J connectivity index is 1.48. The van der Waals surface area contributed by atoms with E-state index in [2.05, 4.69) is 31.1 Å². The van der Waals surface area contributed by atoms with Crippen LogP contribution in [0.3, 0.4) is 0 Å². The summed E-state index contributed by atoms with van der Waals surface area (Å²) in [5.74, 6) is 0.602. The normalized spacial score (nSPS) is 20.1. The number of benzene rings is 1. The molecule has 5 heteroatoms. The van der Waals surface area contributed by atoms with Gasteiger partial charge in [0.05, 0.1) is 5.02 Å². The van der Waals surface area contributed by atoms with E-state index in [0.29, 0.717) is 16.5 Å². The van der Waals surface area contributed by atoms with Gasteiger partial charge in [-0.2, -0.15) is 0 Å². The second-order valence-electron chi connectivity index (χ2n) is 8.21. The van der Waals surface area contributed by atoms with Crippen LogP contribution < -0.4 is 10.1 Å². The summed E-state index contributed by atoms with van der Waals surface area (Å²) in [7, 11) is 0. The topological polar surface area (TPSA) is 51.2 Å². The van der Waals surface area contributed by atoms with Crippen LogP contribution in [-0.2, 0) is 5.41 Å². The predicted molar refractivity (Wildman–Crippen MR) is 109 cm³/mol. The van der Waals surface area contributed by atoms with E-state index in [9.17, 15) is 4.79 Å². The minimum absolute atomic E-state index is 0.000745. The molecule has 1 N–H and O–H groups in total. The highest BCUT2D eigenvalue weighted by atomic mass is 35.5. The lowest BCUT2D eigenvalue weighted by Crippen LogP contribution is -2.39. The molecule has 1 aromatic carbocycles. The summed E-state index contributed by atoms with van der Waals surface area (Å²) >= 11 is 5.85. The van der Waals surface area contributed by atoms with Crippen LogP contribution in [0.5, 0.6) is 5.88 Å². The highest BCUT2D eigenvalue weighted by Gasteiger charge is 2.24. The molecule has 144 valence electrons. The summed E-state index contributed by atoms with van der Waals surface area (Å²) in [4.78, 5) is 16.7. The molecule has 2 aromatic rings. The molecule has 0 aliphatic heterocycles. The zero-order valence-electron chi connectivity index (χ0n) is 16.2. The van der Waals surface area contributed by atoms with E-state index in [1.54, 1.807) is 18.3 Å². The first-order chi connectivity index (χ1) is 12.8. The van der Waals surface area contributed by atoms with Gasteiger partial charge in [-0.15, -0.1) is 0 Å². The molecule has 0 unspecified atom stereocenters. The molecule has 1 amide bonds. The first-order valence-corrected chi connectivity index (χ1v) is 9.89. The Morgan fingerprint density at radius 2 is 1.74 bits per heavy atom. The summed E-state index contributed by atoms with van der Waals surface area (Å²) < 4.78 is 5.91. The molecule has 0 radical (unpaired) electrons. The summed E-state index contributed by atoms with van der Waals surface area (Å²) in [6.07, 6.45) is 5.34. The third-order valence-electron chi connectivity index (χ3n) is 5.01. The molecule has 0 spiro atoms. The van der Waals surface area contributed by atoms with Gasteiger partial charge >= 0.3 is 0 Å². The van der Waals surface area contributed by atoms with Crippen molar-refractivity contribution < 1.29 is 9.53 Å². The molecule has 1 aliphatic carbocycles. The number of ether oxygens (including phenoxy) is 1. The van der Waals surface area contributed by atoms with Crippen LogP contribution in [-0.4, -0.2) is 23.0 Å². The van der Waals surface area contributed by atoms with E-state index in [-0.39, 0.29) is 23.5 Å². The molecule has 1 heterocycles. The van der Waals surface area contributed by atoms with Crippen molar-refractivity contribution in [2.75, 3.05) is 0 Å². The zero-order chi connectivity index (χ0) is 19.4. The number of nitrogens with one attached hydrogen (secondary N) is 1. The van der Waals surface area contributed by atoms with E-state index < -0.39 is 0 Å². The monoisotopic (exact) mass is 386 g/mol. The van der Waals surface area contributed by atoms with Gasteiger partial charge in [-0.1, -0.05) is 44.5 Å². The van der Waals surface area contributed by atoms with Crippen LogP contribution in [0, 0.1) is 0 Å². The van der Waals surface area contributed by atoms with Gasteiger partial charge in [0.2, 0.25) is 5.88 Å². The van der Waals surface area contributed by atoms with Crippen molar-refractivity contribution in [1.82, 2.24) is 10.3 Å². The fraction of sp³-hybridized carbons (Fsp3) is 0.455. The quantitative estimate of drug-likeness (QED) is 0.790. The van der Waals surface area contributed by atoms with Crippen LogP contribution in [0.4, 0.5) is 0 Å². The smallest absolute Gasteiger partial charge is 0.251 e. The second-order valence-corrected chi connectivity index (χ2v) is 8.64. The molecule has 4 nitrogen and oxygen atoms in total. The lowest BCUT2D eigenvalue weighted by Gasteiger charge is -2.29. The van der Waals surface area contributed by atoms with Gasteiger partial charge in [-0.25, -0.2) is 4.98 Å². The van der Waals surface area contributed by atoms with Crippen molar-refractivity contribution in [2.45, 2.75) is 64.0 Å². The molecular formula is C22H27ClN2O2. The maximum absolute atomic E-state index is 12.5. The van der Waals surface area contributed by atoms with Gasteiger partial charge < -0.3 is 10.1 Å². The summed E-state index contributed by atoms with van der Waals surface area (Å²) in [5, 5.41) is 3.76. The molecular weight excluding hydrogens is 360 g/mol. The third-order valence-corrected chi connectivity index (χ3v) is 5.23. The number of hydrogen-bond donors (Lipinski definition) is 1. The van der Waals surface area contributed by atoms with E-state index >= 15 is 0 Å². The second kappa shape index (κ2) is 8.30. The number of hydrogen-bond acceptors (Lipinski definition) is 3. The maximum Gasteiger partial charge on any atom is 0.251 e. The van der Waals surface area contributed by atoms with Crippen LogP contribution in [0.25, 0.3) is 0 Å². The lowest BCUT2D eigenvalue weighted by atomic mass is 9.86. The minimum Gasteiger partial charge on any atom is -0.474 e. The highest BCUT2D eigenvalue weighted by Crippen LogP contribution is 2.25. The van der Waals surface area contributed by atoms with Crippen molar-refractivity contribution in [1.29, 1.82) is 0 Å². The number of pyridine rings is 1. The van der Waals surface area contributed by atoms with Crippen LogP contribution in [0.2, 0.25) is 5.02 Å². The molecule has 1 aliphatic rings. The average molecular weight is 387 g/mol. The number of carbonyl (C=O) groups excluding carboxylic acids is 1. The maximum atomic E-state index is 12.5. The van der Waals surface area contributed by atoms with E-state index in [4.69, 9.17) is 16.3 Å². The molecule has 1 saturated carbocycles. The number of amides is 1. The summed E-state index contributed by atoms with van der Waals surface area (Å²) in [6.45, 7) is 6.51. The molecule has 1 aromatic heterocycles. The average Bonchev–Trinajstić information content (AvgIpc) is 2.64. The van der Waals surface area contributed by atoms with Gasteiger partial charge in [0.1, 0.15) is 6.10 Å². The third kappa shape index (κ3) is 5.46. The molecule has 0 atom stereocenters. The highest BCUT2D eigenvalue weighted by molar-refractivity contribution is 6.30. The van der Waals surface area contributed by atoms with E-state index in [1.165, 1.54) is 5.56 Å². The number of halogens is 1. The number of nitrogens with zero attached hydrogens (tertiary/aromatic N) is 1. The first kappa shape index (κ1) is 19.7. The first-order valence-electron chi connectivity index (χ1n) is 9.51. The zero-order valence-corrected chi connectivity index (χ0v) is 16.9. The van der Waals surface area contributed by atoms with Crippen LogP contribution in [0.1, 0.15) is 62.4 Å². The Labute approximate surface area is 166 Å². The fourth-order valence-corrected chi connectivity index (χ4v) is 3.43. The molecule has 27 heavy (non-hydrogen) atoms. The number of rotatable bonds is 4. The predicted octanol–water partition coefficient (Wildman–Crippen LogP) is 5.15. The SMILES string of the molecule is CC(C)(C)c1ccc(C(=O)NC2CCC(Oc3ccc(Cl)cn3)CC2)cc1. The standard InChI is InChI=1S/C22H27ClN2O2/c1-22(2,3)16-6-4-15(5-7-16)21(26)25-18-9-11-19(12-10-18)27-20-13-8-17(23)14-24-20/h4-8,13-14,18-19H,9-12H2,1-3H3,(H,25,26). The van der Waals surface area contributed by atoms with Gasteiger partial charge in [0.15, 0.2) is 0 Å². The van der Waals surface area contributed by atoms with Crippen molar-refractivity contribution in [3.63, 3.8) is 0 Å². The number of carbonyl (C=O) groups is 1. The van der Waals surface area contributed by atoms with Crippen LogP contribution >= 0.6 is 11.6 Å². The Morgan fingerprint density at radius 1 is 1.07 bits per heavy atom. The molecule has 0 bridgehead atoms. The van der Waals surface area contributed by atoms with Gasteiger partial charge in [-0.3, -0.25) is 4.79 Å².